The van der Waals surface area contributed by atoms with Crippen LogP contribution in [0.2, 0.25) is 0 Å². The van der Waals surface area contributed by atoms with Crippen molar-refractivity contribution < 1.29 is 0 Å². The summed E-state index contributed by atoms with van der Waals surface area (Å²) in [4.78, 5) is 0. The Morgan fingerprint density at radius 2 is 0.947 bits per heavy atom. The van der Waals surface area contributed by atoms with Crippen molar-refractivity contribution in [3.8, 4) is 33.6 Å². The predicted octanol–water partition coefficient (Wildman–Crippen LogP) is 14.1. The first-order valence-electron chi connectivity index (χ1n) is 21.6. The van der Waals surface area contributed by atoms with E-state index in [9.17, 15) is 0 Å². The molecule has 0 radical (unpaired) electrons. The maximum atomic E-state index is 2.55. The summed E-state index contributed by atoms with van der Waals surface area (Å²) in [6, 6.07) is 60.1. The van der Waals surface area contributed by atoms with Crippen LogP contribution in [0.15, 0.2) is 158 Å². The van der Waals surface area contributed by atoms with Crippen molar-refractivity contribution in [1.29, 1.82) is 0 Å². The van der Waals surface area contributed by atoms with E-state index in [-0.39, 0.29) is 0 Å². The first-order valence-corrected chi connectivity index (χ1v) is 21.6. The van der Waals surface area contributed by atoms with Crippen LogP contribution in [0.3, 0.4) is 0 Å². The van der Waals surface area contributed by atoms with Crippen molar-refractivity contribution >= 4 is 43.6 Å². The van der Waals surface area contributed by atoms with E-state index in [2.05, 4.69) is 167 Å². The minimum absolute atomic E-state index is 0.648. The fraction of sp³-hybridized carbons (Fsp3) is 0.236. The summed E-state index contributed by atoms with van der Waals surface area (Å²) in [6.07, 6.45) is 7.24. The molecule has 8 bridgehead atoms. The molecule has 4 atom stereocenters. The van der Waals surface area contributed by atoms with Crippen molar-refractivity contribution in [2.24, 2.45) is 35.5 Å². The van der Waals surface area contributed by atoms with Gasteiger partial charge >= 0.3 is 0 Å². The molecule has 2 aromatic heterocycles. The highest BCUT2D eigenvalue weighted by molar-refractivity contribution is 6.24. The Labute approximate surface area is 333 Å². The zero-order valence-corrected chi connectivity index (χ0v) is 32.1. The van der Waals surface area contributed by atoms with E-state index in [1.807, 2.05) is 0 Å². The Hall–Kier alpha value is -5.86. The van der Waals surface area contributed by atoms with Gasteiger partial charge in [-0.25, -0.2) is 0 Å². The van der Waals surface area contributed by atoms with E-state index in [4.69, 9.17) is 0 Å². The van der Waals surface area contributed by atoms with Crippen molar-refractivity contribution in [2.75, 3.05) is 0 Å². The molecule has 16 rings (SSSR count). The summed E-state index contributed by atoms with van der Waals surface area (Å²) in [5.74, 6) is 6.87. The maximum Gasteiger partial charge on any atom is 0.0788 e. The van der Waals surface area contributed by atoms with Crippen molar-refractivity contribution in [2.45, 2.75) is 43.9 Å². The summed E-state index contributed by atoms with van der Waals surface area (Å²) in [7, 11) is 0. The maximum absolute atomic E-state index is 2.55. The number of benzene rings is 7. The summed E-state index contributed by atoms with van der Waals surface area (Å²) in [6.45, 7) is 0. The Morgan fingerprint density at radius 3 is 1.68 bits per heavy atom. The second-order valence-electron chi connectivity index (χ2n) is 18.4. The number of para-hydroxylation sites is 3. The first-order chi connectivity index (χ1) is 28.3. The van der Waals surface area contributed by atoms with Crippen LogP contribution in [0.5, 0.6) is 0 Å². The third-order valence-electron chi connectivity index (χ3n) is 16.1. The lowest BCUT2D eigenvalue weighted by atomic mass is 9.39. The van der Waals surface area contributed by atoms with E-state index in [1.165, 1.54) is 109 Å². The summed E-state index contributed by atoms with van der Waals surface area (Å²) < 4.78 is 5.03. The molecule has 5 fully saturated rings. The largest absolute Gasteiger partial charge is 0.307 e. The zero-order chi connectivity index (χ0) is 36.9. The molecule has 0 aliphatic heterocycles. The van der Waals surface area contributed by atoms with Crippen LogP contribution in [0.1, 0.15) is 55.1 Å². The molecule has 0 N–H and O–H groups in total. The molecular formula is C55H44N2. The Kier molecular flexibility index (Phi) is 6.24. The first kappa shape index (κ1) is 31.3. The quantitative estimate of drug-likeness (QED) is 0.171. The predicted molar refractivity (Wildman–Crippen MR) is 235 cm³/mol. The number of hydrogen-bond donors (Lipinski definition) is 0. The van der Waals surface area contributed by atoms with Crippen LogP contribution in [0, 0.1) is 35.5 Å². The SMILES string of the molecule is c1ccc(-n2c3ccccc3c3ccc4c5cc(-c6cccc7c6-c6ccccc6C6C8CC9CC%10C8CC7CC%10C6C9)ccc5n(-c5ccccc5)c4c32)cc1. The summed E-state index contributed by atoms with van der Waals surface area (Å²) in [5, 5.41) is 5.17. The molecule has 7 aliphatic rings. The molecule has 0 amide bonds. The lowest BCUT2D eigenvalue weighted by molar-refractivity contribution is -0.130. The topological polar surface area (TPSA) is 9.86 Å². The highest BCUT2D eigenvalue weighted by Crippen LogP contribution is 2.71. The Bertz CT molecular complexity index is 3090. The average molecular weight is 733 g/mol. The highest BCUT2D eigenvalue weighted by atomic mass is 15.0. The van der Waals surface area contributed by atoms with Gasteiger partial charge in [0.25, 0.3) is 0 Å². The third kappa shape index (κ3) is 4.11. The number of fused-ring (bicyclic) bond motifs is 7. The van der Waals surface area contributed by atoms with Gasteiger partial charge in [0.1, 0.15) is 0 Å². The lowest BCUT2D eigenvalue weighted by Crippen LogP contribution is -2.57. The van der Waals surface area contributed by atoms with Crippen molar-refractivity contribution in [3.05, 3.63) is 169 Å². The van der Waals surface area contributed by atoms with E-state index in [1.54, 1.807) is 11.1 Å². The molecule has 2 heterocycles. The van der Waals surface area contributed by atoms with Gasteiger partial charge in [-0.1, -0.05) is 115 Å². The zero-order valence-electron chi connectivity index (χ0n) is 32.1. The van der Waals surface area contributed by atoms with Crippen LogP contribution in [-0.4, -0.2) is 9.13 Å². The average Bonchev–Trinajstić information content (AvgIpc) is 3.81. The molecule has 0 saturated heterocycles. The Morgan fingerprint density at radius 1 is 0.386 bits per heavy atom. The van der Waals surface area contributed by atoms with Gasteiger partial charge in [-0.05, 0) is 155 Å². The lowest BCUT2D eigenvalue weighted by Gasteiger charge is -2.65. The fourth-order valence-electron chi connectivity index (χ4n) is 14.3. The van der Waals surface area contributed by atoms with Gasteiger partial charge in [-0.3, -0.25) is 0 Å². The summed E-state index contributed by atoms with van der Waals surface area (Å²) >= 11 is 0. The molecule has 0 spiro atoms. The number of rotatable bonds is 3. The second kappa shape index (κ2) is 11.4. The minimum atomic E-state index is 0.648. The molecule has 7 aliphatic carbocycles. The van der Waals surface area contributed by atoms with Crippen molar-refractivity contribution in [1.82, 2.24) is 9.13 Å². The Balaban J connectivity index is 1.06. The molecule has 9 aromatic rings. The minimum Gasteiger partial charge on any atom is -0.307 e. The van der Waals surface area contributed by atoms with Gasteiger partial charge < -0.3 is 9.13 Å². The van der Waals surface area contributed by atoms with E-state index >= 15 is 0 Å². The molecule has 5 saturated carbocycles. The molecule has 57 heavy (non-hydrogen) atoms. The smallest absolute Gasteiger partial charge is 0.0788 e. The molecule has 274 valence electrons. The summed E-state index contributed by atoms with van der Waals surface area (Å²) in [5.41, 5.74) is 16.4. The van der Waals surface area contributed by atoms with Crippen LogP contribution in [0.25, 0.3) is 77.2 Å². The monoisotopic (exact) mass is 732 g/mol. The normalized spacial score (nSPS) is 26.6. The number of nitrogens with zero attached hydrogens (tertiary/aromatic N) is 2. The van der Waals surface area contributed by atoms with Gasteiger partial charge in [0.15, 0.2) is 0 Å². The van der Waals surface area contributed by atoms with Gasteiger partial charge in [0.05, 0.1) is 22.1 Å². The number of aromatic nitrogens is 2. The van der Waals surface area contributed by atoms with Crippen LogP contribution in [-0.2, 0) is 0 Å². The highest BCUT2D eigenvalue weighted by Gasteiger charge is 2.61. The van der Waals surface area contributed by atoms with E-state index < -0.39 is 0 Å². The second-order valence-corrected chi connectivity index (χ2v) is 18.4. The van der Waals surface area contributed by atoms with Gasteiger partial charge in [0, 0.05) is 32.9 Å². The van der Waals surface area contributed by atoms with Gasteiger partial charge in [-0.15, -0.1) is 0 Å². The van der Waals surface area contributed by atoms with Crippen LogP contribution >= 0.6 is 0 Å². The molecule has 7 aromatic carbocycles. The number of hydrogen-bond acceptors (Lipinski definition) is 0. The van der Waals surface area contributed by atoms with Crippen LogP contribution in [0.4, 0.5) is 0 Å². The van der Waals surface area contributed by atoms with Gasteiger partial charge in [0.2, 0.25) is 0 Å². The standard InChI is InChI=1S/C55H44N2/c1-3-12-35(13-4-1)56-50-21-10-9-16-39(50)42-23-24-43-47-29-33(22-25-51(47)57(55(43)54(42)56)36-14-5-2-6-15-36)37-19-11-20-38-34-30-45-44-26-32-27-48(45)53(49(28-32)46(44)31-34)41-18-8-7-17-40(41)52(37)38/h1-25,29,32,34,44-46,48-49,53H,26-28,30-31H2. The van der Waals surface area contributed by atoms with Crippen molar-refractivity contribution in [3.63, 3.8) is 0 Å². The fourth-order valence-corrected chi connectivity index (χ4v) is 14.3. The molecule has 2 nitrogen and oxygen atoms in total. The van der Waals surface area contributed by atoms with Gasteiger partial charge in [-0.2, -0.15) is 0 Å². The molecular weight excluding hydrogens is 689 g/mol. The third-order valence-corrected chi connectivity index (χ3v) is 16.1. The molecule has 2 heteroatoms. The molecule has 4 unspecified atom stereocenters. The van der Waals surface area contributed by atoms with E-state index in [0.29, 0.717) is 11.8 Å². The van der Waals surface area contributed by atoms with E-state index in [0.717, 1.165) is 35.5 Å². The van der Waals surface area contributed by atoms with Crippen LogP contribution < -0.4 is 0 Å².